The van der Waals surface area contributed by atoms with Gasteiger partial charge < -0.3 is 10.2 Å². The second kappa shape index (κ2) is 5.89. The van der Waals surface area contributed by atoms with Gasteiger partial charge in [0.1, 0.15) is 0 Å². The summed E-state index contributed by atoms with van der Waals surface area (Å²) in [4.78, 5) is 5.19. The fourth-order valence-electron chi connectivity index (χ4n) is 3.95. The molecule has 1 unspecified atom stereocenters. The van der Waals surface area contributed by atoms with Gasteiger partial charge in [0.2, 0.25) is 0 Å². The standard InChI is InChI=1S/C15H31N3/c1-15(2)12-16-10-14(11-17(3)4)18(15)13-8-6-5-7-9-13/h13-14,16H,5-12H2,1-4H3. The van der Waals surface area contributed by atoms with E-state index >= 15 is 0 Å². The quantitative estimate of drug-likeness (QED) is 0.829. The topological polar surface area (TPSA) is 18.5 Å². The lowest BCUT2D eigenvalue weighted by Crippen LogP contribution is -2.67. The van der Waals surface area contributed by atoms with Gasteiger partial charge in [-0.1, -0.05) is 19.3 Å². The van der Waals surface area contributed by atoms with Crippen LogP contribution in [0.1, 0.15) is 46.0 Å². The molecule has 0 aromatic rings. The Kier molecular flexibility index (Phi) is 4.68. The lowest BCUT2D eigenvalue weighted by atomic mass is 9.86. The number of hydrogen-bond donors (Lipinski definition) is 1. The van der Waals surface area contributed by atoms with E-state index in [1.807, 2.05) is 0 Å². The van der Waals surface area contributed by atoms with E-state index in [-0.39, 0.29) is 0 Å². The molecule has 1 atom stereocenters. The van der Waals surface area contributed by atoms with E-state index < -0.39 is 0 Å². The van der Waals surface area contributed by atoms with Crippen molar-refractivity contribution in [1.29, 1.82) is 0 Å². The van der Waals surface area contributed by atoms with Crippen molar-refractivity contribution in [1.82, 2.24) is 15.1 Å². The largest absolute Gasteiger partial charge is 0.313 e. The fourth-order valence-corrected chi connectivity index (χ4v) is 3.95. The molecule has 1 aliphatic carbocycles. The maximum absolute atomic E-state index is 3.63. The van der Waals surface area contributed by atoms with Crippen molar-refractivity contribution in [3.63, 3.8) is 0 Å². The Morgan fingerprint density at radius 1 is 1.17 bits per heavy atom. The van der Waals surface area contributed by atoms with Crippen LogP contribution in [-0.2, 0) is 0 Å². The Morgan fingerprint density at radius 2 is 1.83 bits per heavy atom. The molecule has 2 aliphatic rings. The van der Waals surface area contributed by atoms with E-state index in [0.29, 0.717) is 11.6 Å². The fraction of sp³-hybridized carbons (Fsp3) is 1.00. The molecule has 18 heavy (non-hydrogen) atoms. The van der Waals surface area contributed by atoms with E-state index in [0.717, 1.165) is 19.1 Å². The van der Waals surface area contributed by atoms with Gasteiger partial charge in [0.15, 0.2) is 0 Å². The molecule has 1 N–H and O–H groups in total. The molecular weight excluding hydrogens is 222 g/mol. The summed E-state index contributed by atoms with van der Waals surface area (Å²) in [6.07, 6.45) is 7.13. The molecule has 0 amide bonds. The van der Waals surface area contributed by atoms with Gasteiger partial charge in [-0.3, -0.25) is 4.90 Å². The predicted molar refractivity (Wildman–Crippen MR) is 78.0 cm³/mol. The van der Waals surface area contributed by atoms with E-state index in [1.54, 1.807) is 0 Å². The van der Waals surface area contributed by atoms with Crippen LogP contribution in [0.2, 0.25) is 0 Å². The summed E-state index contributed by atoms with van der Waals surface area (Å²) in [5.41, 5.74) is 0.306. The lowest BCUT2D eigenvalue weighted by molar-refractivity contribution is -0.0241. The van der Waals surface area contributed by atoms with E-state index in [1.165, 1.54) is 38.6 Å². The minimum Gasteiger partial charge on any atom is -0.313 e. The van der Waals surface area contributed by atoms with Crippen molar-refractivity contribution in [2.45, 2.75) is 63.6 Å². The van der Waals surface area contributed by atoms with Crippen LogP contribution in [0.4, 0.5) is 0 Å². The molecule has 1 saturated carbocycles. The monoisotopic (exact) mass is 253 g/mol. The molecule has 2 fully saturated rings. The minimum atomic E-state index is 0.306. The summed E-state index contributed by atoms with van der Waals surface area (Å²) in [6, 6.07) is 1.49. The third kappa shape index (κ3) is 3.25. The molecule has 3 heteroatoms. The van der Waals surface area contributed by atoms with E-state index in [2.05, 4.69) is 43.1 Å². The molecule has 0 radical (unpaired) electrons. The maximum atomic E-state index is 3.63. The predicted octanol–water partition coefficient (Wildman–Crippen LogP) is 1.93. The number of likely N-dealkylation sites (N-methyl/N-ethyl adjacent to an activating group) is 1. The maximum Gasteiger partial charge on any atom is 0.0356 e. The van der Waals surface area contributed by atoms with Gasteiger partial charge >= 0.3 is 0 Å². The van der Waals surface area contributed by atoms with Crippen molar-refractivity contribution in [3.8, 4) is 0 Å². The molecule has 0 aromatic carbocycles. The number of piperazine rings is 1. The first-order valence-electron chi connectivity index (χ1n) is 7.64. The van der Waals surface area contributed by atoms with Gasteiger partial charge in [0.05, 0.1) is 0 Å². The summed E-state index contributed by atoms with van der Waals surface area (Å²) >= 11 is 0. The minimum absolute atomic E-state index is 0.306. The highest BCUT2D eigenvalue weighted by molar-refractivity contribution is 4.98. The first-order valence-corrected chi connectivity index (χ1v) is 7.64. The van der Waals surface area contributed by atoms with Crippen molar-refractivity contribution in [3.05, 3.63) is 0 Å². The Balaban J connectivity index is 2.11. The summed E-state index contributed by atoms with van der Waals surface area (Å²) < 4.78 is 0. The molecule has 1 heterocycles. The van der Waals surface area contributed by atoms with Crippen molar-refractivity contribution in [2.75, 3.05) is 33.7 Å². The van der Waals surface area contributed by atoms with Crippen LogP contribution < -0.4 is 5.32 Å². The Bertz CT molecular complexity index is 256. The third-order valence-electron chi connectivity index (χ3n) is 4.57. The molecule has 2 rings (SSSR count). The second-order valence-corrected chi connectivity index (χ2v) is 7.06. The van der Waals surface area contributed by atoms with Gasteiger partial charge in [0.25, 0.3) is 0 Å². The SMILES string of the molecule is CN(C)CC1CNCC(C)(C)N1C1CCCCC1. The highest BCUT2D eigenvalue weighted by Crippen LogP contribution is 2.31. The molecular formula is C15H31N3. The van der Waals surface area contributed by atoms with Crippen LogP contribution in [0.25, 0.3) is 0 Å². The van der Waals surface area contributed by atoms with Crippen molar-refractivity contribution >= 4 is 0 Å². The van der Waals surface area contributed by atoms with Crippen molar-refractivity contribution < 1.29 is 0 Å². The number of nitrogens with zero attached hydrogens (tertiary/aromatic N) is 2. The highest BCUT2D eigenvalue weighted by Gasteiger charge is 2.40. The molecule has 3 nitrogen and oxygen atoms in total. The van der Waals surface area contributed by atoms with Gasteiger partial charge in [-0.25, -0.2) is 0 Å². The summed E-state index contributed by atoms with van der Waals surface area (Å²) in [5.74, 6) is 0. The second-order valence-electron chi connectivity index (χ2n) is 7.06. The third-order valence-corrected chi connectivity index (χ3v) is 4.57. The highest BCUT2D eigenvalue weighted by atomic mass is 15.3. The van der Waals surface area contributed by atoms with Crippen LogP contribution in [0.3, 0.4) is 0 Å². The number of rotatable bonds is 3. The molecule has 106 valence electrons. The first-order chi connectivity index (χ1) is 8.50. The summed E-state index contributed by atoms with van der Waals surface area (Å²) in [5, 5.41) is 3.63. The first kappa shape index (κ1) is 14.3. The van der Waals surface area contributed by atoms with Crippen LogP contribution in [0.15, 0.2) is 0 Å². The summed E-state index contributed by atoms with van der Waals surface area (Å²) in [6.45, 7) is 8.28. The Labute approximate surface area is 113 Å². The molecule has 0 spiro atoms. The van der Waals surface area contributed by atoms with Crippen LogP contribution in [-0.4, -0.2) is 61.2 Å². The molecule has 1 aliphatic heterocycles. The zero-order chi connectivity index (χ0) is 13.2. The smallest absolute Gasteiger partial charge is 0.0356 e. The Morgan fingerprint density at radius 3 is 2.44 bits per heavy atom. The zero-order valence-electron chi connectivity index (χ0n) is 12.7. The van der Waals surface area contributed by atoms with Crippen molar-refractivity contribution in [2.24, 2.45) is 0 Å². The molecule has 0 bridgehead atoms. The molecule has 1 saturated heterocycles. The van der Waals surface area contributed by atoms with E-state index in [9.17, 15) is 0 Å². The van der Waals surface area contributed by atoms with Crippen LogP contribution in [0.5, 0.6) is 0 Å². The molecule has 0 aromatic heterocycles. The van der Waals surface area contributed by atoms with E-state index in [4.69, 9.17) is 0 Å². The number of nitrogens with one attached hydrogen (secondary N) is 1. The number of hydrogen-bond acceptors (Lipinski definition) is 3. The van der Waals surface area contributed by atoms with Crippen LogP contribution >= 0.6 is 0 Å². The average molecular weight is 253 g/mol. The summed E-state index contributed by atoms with van der Waals surface area (Å²) in [7, 11) is 4.39. The van der Waals surface area contributed by atoms with Gasteiger partial charge in [0, 0.05) is 37.3 Å². The van der Waals surface area contributed by atoms with Gasteiger partial charge in [-0.05, 0) is 40.8 Å². The van der Waals surface area contributed by atoms with Crippen LogP contribution in [0, 0.1) is 0 Å². The van der Waals surface area contributed by atoms with Gasteiger partial charge in [-0.15, -0.1) is 0 Å². The average Bonchev–Trinajstić information content (AvgIpc) is 2.28. The lowest BCUT2D eigenvalue weighted by Gasteiger charge is -2.53. The Hall–Kier alpha value is -0.120. The normalized spacial score (nSPS) is 30.8. The zero-order valence-corrected chi connectivity index (χ0v) is 12.7. The van der Waals surface area contributed by atoms with Gasteiger partial charge in [-0.2, -0.15) is 0 Å².